The number of hydrogen-bond acceptors (Lipinski definition) is 0. The summed E-state index contributed by atoms with van der Waals surface area (Å²) in [4.78, 5) is 0. The molecule has 0 aromatic carbocycles. The standard InChI is InChI=1S/2Ir.2Mn. The Morgan fingerprint density at radius 2 is 0.500 bits per heavy atom. The van der Waals surface area contributed by atoms with Crippen molar-refractivity contribution in [2.24, 2.45) is 0 Å². The Hall–Kier alpha value is 2.34. The molecule has 0 saturated heterocycles. The van der Waals surface area contributed by atoms with Gasteiger partial charge in [-0.1, -0.05) is 0 Å². The zero-order valence-electron chi connectivity index (χ0n) is 1.42. The maximum absolute atomic E-state index is 0. The topological polar surface area (TPSA) is 0 Å². The van der Waals surface area contributed by atoms with E-state index in [1.54, 1.807) is 0 Å². The molecular weight excluding hydrogens is 494 g/mol. The van der Waals surface area contributed by atoms with Crippen molar-refractivity contribution in [3.63, 3.8) is 0 Å². The predicted octanol–water partition coefficient (Wildman–Crippen LogP) is -0.0100. The van der Waals surface area contributed by atoms with Crippen molar-refractivity contribution in [2.45, 2.75) is 0 Å². The summed E-state index contributed by atoms with van der Waals surface area (Å²) in [6, 6.07) is 0. The van der Waals surface area contributed by atoms with Crippen molar-refractivity contribution < 1.29 is 74.3 Å². The van der Waals surface area contributed by atoms with E-state index < -0.39 is 0 Å². The van der Waals surface area contributed by atoms with Crippen molar-refractivity contribution in [3.8, 4) is 0 Å². The quantitative estimate of drug-likeness (QED) is 0.416. The molecule has 0 amide bonds. The van der Waals surface area contributed by atoms with Gasteiger partial charge in [-0.15, -0.1) is 0 Å². The Kier molecular flexibility index (Phi) is 152. The SMILES string of the molecule is [Ir].[Ir].[Mn].[Mn]. The zero-order chi connectivity index (χ0) is 0. The van der Waals surface area contributed by atoms with Crippen LogP contribution in [0.2, 0.25) is 0 Å². The maximum Gasteiger partial charge on any atom is 0 e. The van der Waals surface area contributed by atoms with Crippen molar-refractivity contribution in [1.82, 2.24) is 0 Å². The molecule has 0 aliphatic heterocycles. The molecule has 0 aliphatic carbocycles. The van der Waals surface area contributed by atoms with E-state index in [0.717, 1.165) is 0 Å². The van der Waals surface area contributed by atoms with Crippen molar-refractivity contribution >= 4 is 0 Å². The second-order valence-corrected chi connectivity index (χ2v) is 0. The van der Waals surface area contributed by atoms with Crippen LogP contribution in [0.3, 0.4) is 0 Å². The minimum Gasteiger partial charge on any atom is 0 e. The van der Waals surface area contributed by atoms with E-state index in [1.165, 1.54) is 0 Å². The van der Waals surface area contributed by atoms with E-state index in [2.05, 4.69) is 0 Å². The summed E-state index contributed by atoms with van der Waals surface area (Å²) in [5, 5.41) is 0. The van der Waals surface area contributed by atoms with Crippen LogP contribution in [0.1, 0.15) is 0 Å². The zero-order valence-corrected chi connectivity index (χ0v) is 8.57. The van der Waals surface area contributed by atoms with Gasteiger partial charge in [-0.3, -0.25) is 0 Å². The molecule has 0 heterocycles. The fraction of sp³-hybridized carbons (Fsp3) is 0. The molecule has 0 rings (SSSR count). The van der Waals surface area contributed by atoms with Crippen LogP contribution in [0.25, 0.3) is 0 Å². The van der Waals surface area contributed by atoms with Gasteiger partial charge in [0.25, 0.3) is 0 Å². The van der Waals surface area contributed by atoms with Gasteiger partial charge in [0, 0.05) is 74.3 Å². The minimum atomic E-state index is 0. The Balaban J connectivity index is 0. The number of hydrogen-bond donors (Lipinski definition) is 0. The van der Waals surface area contributed by atoms with Gasteiger partial charge in [0.2, 0.25) is 0 Å². The van der Waals surface area contributed by atoms with Crippen molar-refractivity contribution in [1.29, 1.82) is 0 Å². The molecule has 0 saturated carbocycles. The first-order chi connectivity index (χ1) is 0. The normalized spacial score (nSPS) is 0. The molecule has 0 aliphatic rings. The van der Waals surface area contributed by atoms with Gasteiger partial charge < -0.3 is 0 Å². The molecule has 0 bridgehead atoms. The first-order valence-electron chi connectivity index (χ1n) is 0. The van der Waals surface area contributed by atoms with Crippen LogP contribution in [0, 0.1) is 0 Å². The average molecular weight is 494 g/mol. The summed E-state index contributed by atoms with van der Waals surface area (Å²) < 4.78 is 0. The number of rotatable bonds is 0. The van der Waals surface area contributed by atoms with Crippen molar-refractivity contribution in [2.75, 3.05) is 0 Å². The van der Waals surface area contributed by atoms with E-state index in [-0.39, 0.29) is 74.3 Å². The fourth-order valence-corrected chi connectivity index (χ4v) is 0. The van der Waals surface area contributed by atoms with Gasteiger partial charge in [0.15, 0.2) is 0 Å². The first kappa shape index (κ1) is 33.0. The summed E-state index contributed by atoms with van der Waals surface area (Å²) in [7, 11) is 0. The molecular formula is Ir2Mn2. The van der Waals surface area contributed by atoms with Crippen LogP contribution >= 0.6 is 0 Å². The third kappa shape index (κ3) is 8.84. The van der Waals surface area contributed by atoms with Gasteiger partial charge in [-0.2, -0.15) is 0 Å². The predicted molar refractivity (Wildman–Crippen MR) is 0 cm³/mol. The summed E-state index contributed by atoms with van der Waals surface area (Å²) in [5.41, 5.74) is 0. The second kappa shape index (κ2) is 18.4. The molecule has 0 atom stereocenters. The molecule has 0 N–H and O–H groups in total. The van der Waals surface area contributed by atoms with Gasteiger partial charge >= 0.3 is 0 Å². The molecule has 0 aromatic heterocycles. The van der Waals surface area contributed by atoms with E-state index in [4.69, 9.17) is 0 Å². The first-order valence-corrected chi connectivity index (χ1v) is 0. The van der Waals surface area contributed by atoms with Gasteiger partial charge in [0.05, 0.1) is 0 Å². The van der Waals surface area contributed by atoms with E-state index in [1.807, 2.05) is 0 Å². The Morgan fingerprint density at radius 3 is 0.500 bits per heavy atom. The van der Waals surface area contributed by atoms with Crippen LogP contribution in [0.15, 0.2) is 0 Å². The van der Waals surface area contributed by atoms with Gasteiger partial charge in [-0.05, 0) is 0 Å². The Morgan fingerprint density at radius 1 is 0.500 bits per heavy atom. The molecule has 0 unspecified atom stereocenters. The third-order valence-corrected chi connectivity index (χ3v) is 0. The van der Waals surface area contributed by atoms with E-state index in [9.17, 15) is 0 Å². The van der Waals surface area contributed by atoms with Gasteiger partial charge in [0.1, 0.15) is 0 Å². The Labute approximate surface area is 73.5 Å². The second-order valence-electron chi connectivity index (χ2n) is 0. The summed E-state index contributed by atoms with van der Waals surface area (Å²) in [6.07, 6.45) is 0. The summed E-state index contributed by atoms with van der Waals surface area (Å²) in [6.45, 7) is 0. The van der Waals surface area contributed by atoms with Crippen LogP contribution in [0.5, 0.6) is 0 Å². The molecule has 0 nitrogen and oxygen atoms in total. The maximum atomic E-state index is 0. The monoisotopic (exact) mass is 496 g/mol. The molecule has 32 valence electrons. The minimum absolute atomic E-state index is 0. The molecule has 0 spiro atoms. The van der Waals surface area contributed by atoms with Gasteiger partial charge in [-0.25, -0.2) is 0 Å². The van der Waals surface area contributed by atoms with Crippen LogP contribution in [0.4, 0.5) is 0 Å². The third-order valence-electron chi connectivity index (χ3n) is 0. The average Bonchev–Trinajstić information content (AvgIpc) is 0. The van der Waals surface area contributed by atoms with E-state index in [0.29, 0.717) is 0 Å². The molecule has 0 fully saturated rings. The Bertz CT molecular complexity index is 4.00. The largest absolute Gasteiger partial charge is 0 e. The molecule has 4 radical (unpaired) electrons. The molecule has 0 aromatic rings. The van der Waals surface area contributed by atoms with Crippen LogP contribution < -0.4 is 0 Å². The van der Waals surface area contributed by atoms with Crippen LogP contribution in [-0.4, -0.2) is 0 Å². The van der Waals surface area contributed by atoms with Crippen LogP contribution in [-0.2, 0) is 74.3 Å². The molecule has 4 heavy (non-hydrogen) atoms. The van der Waals surface area contributed by atoms with Crippen molar-refractivity contribution in [3.05, 3.63) is 0 Å². The van der Waals surface area contributed by atoms with E-state index >= 15 is 0 Å². The summed E-state index contributed by atoms with van der Waals surface area (Å²) >= 11 is 0. The fourth-order valence-electron chi connectivity index (χ4n) is 0. The molecule has 4 heteroatoms. The summed E-state index contributed by atoms with van der Waals surface area (Å²) in [5.74, 6) is 0. The smallest absolute Gasteiger partial charge is 0 e.